The van der Waals surface area contributed by atoms with Crippen molar-refractivity contribution in [2.24, 2.45) is 7.05 Å². The summed E-state index contributed by atoms with van der Waals surface area (Å²) in [6, 6.07) is 15.8. The molecule has 310 valence electrons. The van der Waals surface area contributed by atoms with Gasteiger partial charge in [0.25, 0.3) is 0 Å². The fraction of sp³-hybridized carbons (Fsp3) is 0.0417. The van der Waals surface area contributed by atoms with Crippen LogP contribution in [-0.4, -0.2) is 83.1 Å². The van der Waals surface area contributed by atoms with Crippen molar-refractivity contribution in [2.75, 3.05) is 0 Å². The van der Waals surface area contributed by atoms with E-state index in [9.17, 15) is 0 Å². The fourth-order valence-electron chi connectivity index (χ4n) is 9.47. The molecule has 0 aliphatic carbocycles. The van der Waals surface area contributed by atoms with E-state index in [4.69, 9.17) is 24.9 Å². The van der Waals surface area contributed by atoms with Crippen LogP contribution in [0.5, 0.6) is 0 Å². The average molecular weight is 858 g/mol. The molecule has 14 aromatic heterocycles. The van der Waals surface area contributed by atoms with Gasteiger partial charge in [0.15, 0.2) is 0 Å². The third-order valence-electron chi connectivity index (χ3n) is 12.4. The second-order valence-corrected chi connectivity index (χ2v) is 15.8. The van der Waals surface area contributed by atoms with E-state index in [-0.39, 0.29) is 6.42 Å². The Balaban J connectivity index is 1.07. The molecule has 14 rings (SSSR count). The number of pyridine rings is 8. The van der Waals surface area contributed by atoms with Crippen LogP contribution in [0.25, 0.3) is 111 Å². The van der Waals surface area contributed by atoms with Crippen molar-refractivity contribution in [3.05, 3.63) is 159 Å². The molecule has 0 bridgehead atoms. The quantitative estimate of drug-likeness (QED) is 0.162. The van der Waals surface area contributed by atoms with E-state index in [2.05, 4.69) is 49.0 Å². The number of aromatic nitrogens is 18. The molecule has 14 heterocycles. The Hall–Kier alpha value is -9.58. The zero-order chi connectivity index (χ0) is 43.5. The van der Waals surface area contributed by atoms with E-state index in [0.717, 1.165) is 87.2 Å². The number of rotatable bonds is 6. The summed E-state index contributed by atoms with van der Waals surface area (Å²) in [7, 11) is 1.97. The van der Waals surface area contributed by atoms with Gasteiger partial charge in [-0.1, -0.05) is 9.97 Å². The maximum atomic E-state index is 5.42. The van der Waals surface area contributed by atoms with E-state index in [1.807, 2.05) is 119 Å². The van der Waals surface area contributed by atoms with Crippen molar-refractivity contribution in [1.82, 2.24) is 83.1 Å². The molecule has 0 radical (unpaired) electrons. The molecule has 0 aromatic carbocycles. The monoisotopic (exact) mass is 857 g/mol. The van der Waals surface area contributed by atoms with E-state index in [1.54, 1.807) is 49.6 Å². The topological polar surface area (TPSA) is 191 Å². The smallest absolute Gasteiger partial charge is 0.278 e. The van der Waals surface area contributed by atoms with Crippen molar-refractivity contribution < 1.29 is 4.57 Å². The normalized spacial score (nSPS) is 12.1. The first-order chi connectivity index (χ1) is 32.7. The van der Waals surface area contributed by atoms with Gasteiger partial charge in [-0.25, -0.2) is 9.13 Å². The zero-order valence-electron chi connectivity index (χ0n) is 34.6. The van der Waals surface area contributed by atoms with Gasteiger partial charge in [0.05, 0.1) is 46.6 Å². The third kappa shape index (κ3) is 5.10. The average Bonchev–Trinajstić information content (AvgIpc) is 4.10. The van der Waals surface area contributed by atoms with Gasteiger partial charge < -0.3 is 0 Å². The van der Waals surface area contributed by atoms with Gasteiger partial charge in [-0.05, 0) is 48.5 Å². The first-order valence-corrected chi connectivity index (χ1v) is 20.9. The lowest BCUT2D eigenvalue weighted by atomic mass is 10.2. The number of fused-ring (bicyclic) bond motifs is 12. The second kappa shape index (κ2) is 13.7. The van der Waals surface area contributed by atoms with Gasteiger partial charge in [-0.3, -0.25) is 53.6 Å². The van der Waals surface area contributed by atoms with E-state index < -0.39 is 0 Å². The predicted octanol–water partition coefficient (Wildman–Crippen LogP) is 6.63. The summed E-state index contributed by atoms with van der Waals surface area (Å²) in [4.78, 5) is 62.5. The van der Waals surface area contributed by atoms with E-state index in [0.29, 0.717) is 35.4 Å². The Bertz CT molecular complexity index is 3970. The fourth-order valence-corrected chi connectivity index (χ4v) is 9.47. The summed E-state index contributed by atoms with van der Waals surface area (Å²) in [6.45, 7) is 0. The molecule has 0 unspecified atom stereocenters. The lowest BCUT2D eigenvalue weighted by Gasteiger charge is -2.13. The molecule has 66 heavy (non-hydrogen) atoms. The van der Waals surface area contributed by atoms with Gasteiger partial charge >= 0.3 is 11.9 Å². The maximum absolute atomic E-state index is 5.42. The predicted molar refractivity (Wildman–Crippen MR) is 246 cm³/mol. The van der Waals surface area contributed by atoms with Gasteiger partial charge in [-0.15, -0.1) is 0 Å². The number of hydrogen-bond donors (Lipinski definition) is 0. The highest BCUT2D eigenvalue weighted by atomic mass is 15.3. The SMILES string of the molecule is C[n+]1c(Cc2nc(-n3c4ccncc4c4cnccc43)nc(-n3c4ccncc4c4cnccc43)n2)nc(-n2c3ccncc3c3cnccc32)nc1-n1c2ccncc2c2cnccc21. The van der Waals surface area contributed by atoms with Crippen LogP contribution >= 0.6 is 0 Å². The van der Waals surface area contributed by atoms with Crippen molar-refractivity contribution in [1.29, 1.82) is 0 Å². The lowest BCUT2D eigenvalue weighted by molar-refractivity contribution is -0.678. The number of nitrogens with zero attached hydrogens (tertiary/aromatic N) is 18. The minimum atomic E-state index is 0.169. The Morgan fingerprint density at radius 1 is 0.333 bits per heavy atom. The van der Waals surface area contributed by atoms with Crippen LogP contribution in [0.4, 0.5) is 0 Å². The summed E-state index contributed by atoms with van der Waals surface area (Å²) in [5.41, 5.74) is 7.05. The first kappa shape index (κ1) is 36.0. The molecule has 0 amide bonds. The molecule has 0 saturated carbocycles. The summed E-state index contributed by atoms with van der Waals surface area (Å²) in [5, 5.41) is 7.41. The van der Waals surface area contributed by atoms with Gasteiger partial charge in [0.2, 0.25) is 17.7 Å². The molecule has 18 nitrogen and oxygen atoms in total. The molecule has 0 atom stereocenters. The molecule has 0 fully saturated rings. The lowest BCUT2D eigenvalue weighted by Crippen LogP contribution is -2.42. The molecule has 18 heteroatoms. The van der Waals surface area contributed by atoms with Crippen molar-refractivity contribution in [3.8, 4) is 23.8 Å². The van der Waals surface area contributed by atoms with E-state index >= 15 is 0 Å². The third-order valence-corrected chi connectivity index (χ3v) is 12.4. The summed E-state index contributed by atoms with van der Waals surface area (Å²) in [5.74, 6) is 2.95. The van der Waals surface area contributed by atoms with Crippen LogP contribution in [0.15, 0.2) is 148 Å². The molecule has 0 aliphatic heterocycles. The van der Waals surface area contributed by atoms with Crippen LogP contribution in [0.2, 0.25) is 0 Å². The van der Waals surface area contributed by atoms with Gasteiger partial charge in [0, 0.05) is 142 Å². The van der Waals surface area contributed by atoms with Crippen molar-refractivity contribution >= 4 is 87.2 Å². The Labute approximate surface area is 370 Å². The standard InChI is InChI=1S/C48H29N18/c1-62-44(59-47(65-39-6-14-53-23-31(39)32-24-54-15-7-40(32)65)61-48(62)66-41-8-16-55-25-33(41)34-26-56-17-9-42(34)66)18-43-57-45(63-35-2-10-49-19-27(35)28-20-50-11-3-36(28)63)60-46(58-43)64-37-4-12-51-21-29(37)30-22-52-13-5-38(30)64/h2-17,19-26H,18H2,1H3/q+1. The minimum Gasteiger partial charge on any atom is -0.278 e. The molecule has 14 aromatic rings. The van der Waals surface area contributed by atoms with Crippen LogP contribution in [0.3, 0.4) is 0 Å². The highest BCUT2D eigenvalue weighted by molar-refractivity contribution is 6.11. The zero-order valence-corrected chi connectivity index (χ0v) is 34.6. The minimum absolute atomic E-state index is 0.169. The second-order valence-electron chi connectivity index (χ2n) is 15.8. The van der Waals surface area contributed by atoms with Crippen molar-refractivity contribution in [3.63, 3.8) is 0 Å². The van der Waals surface area contributed by atoms with Gasteiger partial charge in [-0.2, -0.15) is 15.0 Å². The van der Waals surface area contributed by atoms with Crippen LogP contribution in [0.1, 0.15) is 11.6 Å². The van der Waals surface area contributed by atoms with E-state index in [1.165, 1.54) is 0 Å². The molecule has 0 N–H and O–H groups in total. The van der Waals surface area contributed by atoms with Crippen LogP contribution in [-0.2, 0) is 13.5 Å². The van der Waals surface area contributed by atoms with Crippen LogP contribution in [0, 0.1) is 0 Å². The Morgan fingerprint density at radius 2 is 0.606 bits per heavy atom. The number of hydrogen-bond acceptors (Lipinski definition) is 13. The molecule has 0 spiro atoms. The Kier molecular flexibility index (Phi) is 7.47. The Morgan fingerprint density at radius 3 is 0.909 bits per heavy atom. The summed E-state index contributed by atoms with van der Waals surface area (Å²) < 4.78 is 10.3. The maximum Gasteiger partial charge on any atom is 0.363 e. The van der Waals surface area contributed by atoms with Crippen LogP contribution < -0.4 is 4.57 Å². The van der Waals surface area contributed by atoms with Crippen molar-refractivity contribution in [2.45, 2.75) is 6.42 Å². The summed E-state index contributed by atoms with van der Waals surface area (Å²) >= 11 is 0. The highest BCUT2D eigenvalue weighted by Crippen LogP contribution is 2.35. The molecule has 0 aliphatic rings. The first-order valence-electron chi connectivity index (χ1n) is 20.9. The molecular formula is C48H29N18+. The molecule has 0 saturated heterocycles. The summed E-state index contributed by atoms with van der Waals surface area (Å²) in [6.07, 6.45) is 29.2. The van der Waals surface area contributed by atoms with Gasteiger partial charge in [0.1, 0.15) is 16.9 Å². The largest absolute Gasteiger partial charge is 0.363 e. The highest BCUT2D eigenvalue weighted by Gasteiger charge is 2.29. The molecular weight excluding hydrogens is 829 g/mol.